The molecule has 110 valence electrons. The third-order valence-corrected chi connectivity index (χ3v) is 3.84. The lowest BCUT2D eigenvalue weighted by atomic mass is 10.1. The molecule has 0 spiro atoms. The second-order valence-corrected chi connectivity index (χ2v) is 5.52. The first kappa shape index (κ1) is 15.4. The summed E-state index contributed by atoms with van der Waals surface area (Å²) >= 11 is 5.88. The molecule has 3 nitrogen and oxygen atoms in total. The molecule has 0 aromatic heterocycles. The Hall–Kier alpha value is -2.00. The Morgan fingerprint density at radius 3 is 2.52 bits per heavy atom. The summed E-state index contributed by atoms with van der Waals surface area (Å²) < 4.78 is 0. The highest BCUT2D eigenvalue weighted by molar-refractivity contribution is 6.30. The fourth-order valence-corrected chi connectivity index (χ4v) is 2.27. The van der Waals surface area contributed by atoms with E-state index in [-0.39, 0.29) is 24.1 Å². The predicted molar refractivity (Wildman–Crippen MR) is 84.4 cm³/mol. The summed E-state index contributed by atoms with van der Waals surface area (Å²) in [5.41, 5.74) is 1.83. The maximum absolute atomic E-state index is 12.3. The molecule has 0 saturated carbocycles. The highest BCUT2D eigenvalue weighted by Crippen LogP contribution is 2.22. The summed E-state index contributed by atoms with van der Waals surface area (Å²) in [5, 5.41) is 10.1. The van der Waals surface area contributed by atoms with E-state index >= 15 is 0 Å². The van der Waals surface area contributed by atoms with Crippen LogP contribution in [0.2, 0.25) is 5.02 Å². The molecular weight excluding hydrogens is 286 g/mol. The molecule has 0 aliphatic carbocycles. The van der Waals surface area contributed by atoms with E-state index in [0.717, 1.165) is 11.1 Å². The molecule has 2 aromatic carbocycles. The number of hydrogen-bond donors (Lipinski definition) is 1. The normalized spacial score (nSPS) is 12.0. The standard InChI is InChI=1S/C17H18ClNO2/c1-12(14-6-8-15(18)9-7-14)19(2)17(21)11-13-4-3-5-16(20)10-13/h3-10,12,20H,11H2,1-2H3. The average molecular weight is 304 g/mol. The van der Waals surface area contributed by atoms with Crippen LogP contribution in [0.25, 0.3) is 0 Å². The quantitative estimate of drug-likeness (QED) is 0.933. The SMILES string of the molecule is CC(c1ccc(Cl)cc1)N(C)C(=O)Cc1cccc(O)c1. The molecule has 4 heteroatoms. The van der Waals surface area contributed by atoms with E-state index in [1.54, 1.807) is 30.1 Å². The maximum atomic E-state index is 12.3. The number of carbonyl (C=O) groups is 1. The Morgan fingerprint density at radius 1 is 1.24 bits per heavy atom. The number of aromatic hydroxyl groups is 1. The lowest BCUT2D eigenvalue weighted by Crippen LogP contribution is -2.30. The Balaban J connectivity index is 2.06. The van der Waals surface area contributed by atoms with Gasteiger partial charge in [-0.15, -0.1) is 0 Å². The van der Waals surface area contributed by atoms with Gasteiger partial charge in [0, 0.05) is 12.1 Å². The number of nitrogens with zero attached hydrogens (tertiary/aromatic N) is 1. The first-order valence-corrected chi connectivity index (χ1v) is 7.14. The molecule has 0 fully saturated rings. The number of benzene rings is 2. The van der Waals surface area contributed by atoms with Gasteiger partial charge in [-0.2, -0.15) is 0 Å². The van der Waals surface area contributed by atoms with Gasteiger partial charge in [0.05, 0.1) is 12.5 Å². The molecule has 0 radical (unpaired) electrons. The van der Waals surface area contributed by atoms with E-state index in [9.17, 15) is 9.90 Å². The average Bonchev–Trinajstić information content (AvgIpc) is 2.46. The van der Waals surface area contributed by atoms with Gasteiger partial charge in [-0.1, -0.05) is 35.9 Å². The summed E-state index contributed by atoms with van der Waals surface area (Å²) in [4.78, 5) is 14.0. The molecule has 0 bridgehead atoms. The Bertz CT molecular complexity index is 625. The Labute approximate surface area is 129 Å². The second kappa shape index (κ2) is 6.64. The van der Waals surface area contributed by atoms with Crippen LogP contribution in [-0.4, -0.2) is 23.0 Å². The summed E-state index contributed by atoms with van der Waals surface area (Å²) in [6.45, 7) is 1.98. The molecular formula is C17H18ClNO2. The van der Waals surface area contributed by atoms with Crippen LogP contribution in [0.5, 0.6) is 5.75 Å². The largest absolute Gasteiger partial charge is 0.508 e. The topological polar surface area (TPSA) is 40.5 Å². The van der Waals surface area contributed by atoms with Gasteiger partial charge in [-0.25, -0.2) is 0 Å². The molecule has 1 unspecified atom stereocenters. The van der Waals surface area contributed by atoms with Crippen molar-refractivity contribution < 1.29 is 9.90 Å². The van der Waals surface area contributed by atoms with Crippen LogP contribution in [0.15, 0.2) is 48.5 Å². The molecule has 21 heavy (non-hydrogen) atoms. The minimum Gasteiger partial charge on any atom is -0.508 e. The third kappa shape index (κ3) is 3.99. The van der Waals surface area contributed by atoms with Crippen LogP contribution >= 0.6 is 11.6 Å². The molecule has 1 atom stereocenters. The van der Waals surface area contributed by atoms with Crippen molar-refractivity contribution >= 4 is 17.5 Å². The van der Waals surface area contributed by atoms with Crippen molar-refractivity contribution in [1.82, 2.24) is 4.90 Å². The van der Waals surface area contributed by atoms with Crippen LogP contribution in [0, 0.1) is 0 Å². The van der Waals surface area contributed by atoms with Gasteiger partial charge in [0.25, 0.3) is 0 Å². The number of amides is 1. The van der Waals surface area contributed by atoms with Gasteiger partial charge >= 0.3 is 0 Å². The minimum absolute atomic E-state index is 0.00282. The highest BCUT2D eigenvalue weighted by atomic mass is 35.5. The maximum Gasteiger partial charge on any atom is 0.227 e. The van der Waals surface area contributed by atoms with Gasteiger partial charge in [-0.05, 0) is 42.3 Å². The van der Waals surface area contributed by atoms with Gasteiger partial charge in [0.1, 0.15) is 5.75 Å². The van der Waals surface area contributed by atoms with Crippen molar-refractivity contribution in [2.75, 3.05) is 7.05 Å². The summed E-state index contributed by atoms with van der Waals surface area (Å²) in [5.74, 6) is 0.178. The Morgan fingerprint density at radius 2 is 1.90 bits per heavy atom. The van der Waals surface area contributed by atoms with E-state index < -0.39 is 0 Å². The van der Waals surface area contributed by atoms with E-state index in [4.69, 9.17) is 11.6 Å². The molecule has 2 aromatic rings. The van der Waals surface area contributed by atoms with Crippen LogP contribution in [0.3, 0.4) is 0 Å². The van der Waals surface area contributed by atoms with E-state index in [1.807, 2.05) is 37.3 Å². The molecule has 0 heterocycles. The number of likely N-dealkylation sites (N-methyl/N-ethyl adjacent to an activating group) is 1. The van der Waals surface area contributed by atoms with Crippen LogP contribution in [0.4, 0.5) is 0 Å². The Kier molecular flexibility index (Phi) is 4.86. The number of hydrogen-bond acceptors (Lipinski definition) is 2. The first-order chi connectivity index (χ1) is 9.97. The van der Waals surface area contributed by atoms with Gasteiger partial charge < -0.3 is 10.0 Å². The van der Waals surface area contributed by atoms with Crippen LogP contribution < -0.4 is 0 Å². The minimum atomic E-state index is -0.0351. The molecule has 0 saturated heterocycles. The third-order valence-electron chi connectivity index (χ3n) is 3.59. The zero-order valence-corrected chi connectivity index (χ0v) is 12.8. The summed E-state index contributed by atoms with van der Waals surface area (Å²) in [7, 11) is 1.78. The number of halogens is 1. The molecule has 0 aliphatic rings. The predicted octanol–water partition coefficient (Wildman–Crippen LogP) is 3.81. The van der Waals surface area contributed by atoms with Gasteiger partial charge in [0.15, 0.2) is 0 Å². The van der Waals surface area contributed by atoms with E-state index in [2.05, 4.69) is 0 Å². The van der Waals surface area contributed by atoms with Gasteiger partial charge in [0.2, 0.25) is 5.91 Å². The summed E-state index contributed by atoms with van der Waals surface area (Å²) in [6.07, 6.45) is 0.267. The zero-order valence-electron chi connectivity index (χ0n) is 12.1. The van der Waals surface area contributed by atoms with Crippen molar-refractivity contribution in [1.29, 1.82) is 0 Å². The highest BCUT2D eigenvalue weighted by Gasteiger charge is 2.17. The van der Waals surface area contributed by atoms with Crippen LogP contribution in [0.1, 0.15) is 24.1 Å². The van der Waals surface area contributed by atoms with Crippen molar-refractivity contribution in [2.24, 2.45) is 0 Å². The van der Waals surface area contributed by atoms with Crippen LogP contribution in [-0.2, 0) is 11.2 Å². The lowest BCUT2D eigenvalue weighted by Gasteiger charge is -2.25. The fraction of sp³-hybridized carbons (Fsp3) is 0.235. The van der Waals surface area contributed by atoms with Crippen molar-refractivity contribution in [2.45, 2.75) is 19.4 Å². The van der Waals surface area contributed by atoms with Crippen molar-refractivity contribution in [3.8, 4) is 5.75 Å². The fourth-order valence-electron chi connectivity index (χ4n) is 2.15. The summed E-state index contributed by atoms with van der Waals surface area (Å²) in [6, 6.07) is 14.2. The number of phenolic OH excluding ortho intramolecular Hbond substituents is 1. The monoisotopic (exact) mass is 303 g/mol. The molecule has 0 aliphatic heterocycles. The number of rotatable bonds is 4. The number of carbonyl (C=O) groups excluding carboxylic acids is 1. The first-order valence-electron chi connectivity index (χ1n) is 6.76. The van der Waals surface area contributed by atoms with Crippen molar-refractivity contribution in [3.05, 3.63) is 64.7 Å². The molecule has 1 N–H and O–H groups in total. The van der Waals surface area contributed by atoms with E-state index in [0.29, 0.717) is 5.02 Å². The lowest BCUT2D eigenvalue weighted by molar-refractivity contribution is -0.131. The molecule has 1 amide bonds. The number of phenols is 1. The van der Waals surface area contributed by atoms with Crippen molar-refractivity contribution in [3.63, 3.8) is 0 Å². The second-order valence-electron chi connectivity index (χ2n) is 5.08. The van der Waals surface area contributed by atoms with Gasteiger partial charge in [-0.3, -0.25) is 4.79 Å². The zero-order chi connectivity index (χ0) is 15.4. The molecule has 2 rings (SSSR count). The smallest absolute Gasteiger partial charge is 0.227 e. The van der Waals surface area contributed by atoms with E-state index in [1.165, 1.54) is 0 Å².